The zero-order valence-corrected chi connectivity index (χ0v) is 11.9. The lowest BCUT2D eigenvalue weighted by Crippen LogP contribution is -2.16. The van der Waals surface area contributed by atoms with Crippen molar-refractivity contribution in [3.63, 3.8) is 0 Å². The molecule has 0 unspecified atom stereocenters. The van der Waals surface area contributed by atoms with Crippen LogP contribution in [0.25, 0.3) is 0 Å². The van der Waals surface area contributed by atoms with Crippen LogP contribution in [0.15, 0.2) is 24.3 Å². The van der Waals surface area contributed by atoms with Crippen LogP contribution in [0.2, 0.25) is 10.2 Å². The molecule has 1 aromatic heterocycles. The smallest absolute Gasteiger partial charge is 0.261 e. The van der Waals surface area contributed by atoms with Crippen molar-refractivity contribution in [3.05, 3.63) is 40.0 Å². The van der Waals surface area contributed by atoms with Crippen molar-refractivity contribution in [1.82, 2.24) is 9.97 Å². The van der Waals surface area contributed by atoms with Crippen LogP contribution >= 0.6 is 23.2 Å². The molecule has 6 nitrogen and oxygen atoms in total. The van der Waals surface area contributed by atoms with E-state index in [0.717, 1.165) is 0 Å². The molecule has 1 amide bonds. The Labute approximate surface area is 124 Å². The van der Waals surface area contributed by atoms with Crippen LogP contribution in [0.3, 0.4) is 0 Å². The van der Waals surface area contributed by atoms with E-state index < -0.39 is 5.91 Å². The zero-order chi connectivity index (χ0) is 14.7. The summed E-state index contributed by atoms with van der Waals surface area (Å²) in [6, 6.07) is 6.20. The molecule has 0 aliphatic heterocycles. The molecule has 0 spiro atoms. The molecule has 0 bridgehead atoms. The maximum absolute atomic E-state index is 12.1. The summed E-state index contributed by atoms with van der Waals surface area (Å²) in [5.41, 5.74) is 6.13. The number of halogens is 2. The van der Waals surface area contributed by atoms with Gasteiger partial charge in [-0.25, -0.2) is 4.98 Å². The molecule has 2 rings (SSSR count). The molecule has 104 valence electrons. The molecule has 0 radical (unpaired) electrons. The number of carbonyl (C=O) groups excluding carboxylic acids is 1. The average molecular weight is 313 g/mol. The van der Waals surface area contributed by atoms with Gasteiger partial charge in [0.2, 0.25) is 11.8 Å². The first-order valence-corrected chi connectivity index (χ1v) is 6.20. The minimum atomic E-state index is -0.530. The van der Waals surface area contributed by atoms with Crippen LogP contribution in [0, 0.1) is 0 Å². The lowest BCUT2D eigenvalue weighted by atomic mass is 10.1. The highest BCUT2D eigenvalue weighted by Gasteiger charge is 2.16. The van der Waals surface area contributed by atoms with Crippen molar-refractivity contribution in [1.29, 1.82) is 0 Å². The number of nitrogens with zero attached hydrogens (tertiary/aromatic N) is 2. The van der Waals surface area contributed by atoms with Crippen molar-refractivity contribution in [2.75, 3.05) is 18.2 Å². The van der Waals surface area contributed by atoms with Crippen LogP contribution in [0.4, 0.5) is 11.6 Å². The van der Waals surface area contributed by atoms with Gasteiger partial charge in [-0.15, -0.1) is 0 Å². The predicted octanol–water partition coefficient (Wildman–Crippen LogP) is 2.63. The van der Waals surface area contributed by atoms with Crippen molar-refractivity contribution in [2.24, 2.45) is 0 Å². The van der Waals surface area contributed by atoms with Crippen molar-refractivity contribution in [2.45, 2.75) is 0 Å². The van der Waals surface area contributed by atoms with E-state index in [4.69, 9.17) is 33.7 Å². The molecule has 0 fully saturated rings. The van der Waals surface area contributed by atoms with Crippen molar-refractivity contribution >= 4 is 40.7 Å². The number of methoxy groups -OCH3 is 1. The highest BCUT2D eigenvalue weighted by atomic mass is 35.5. The normalized spacial score (nSPS) is 10.2. The summed E-state index contributed by atoms with van der Waals surface area (Å²) in [7, 11) is 1.43. The number of anilines is 2. The SMILES string of the molecule is COc1cc(Cl)nc(NC(=O)c2c(N)cccc2Cl)n1. The molecule has 3 N–H and O–H groups in total. The predicted molar refractivity (Wildman–Crippen MR) is 77.4 cm³/mol. The van der Waals surface area contributed by atoms with Crippen LogP contribution in [0.5, 0.6) is 5.88 Å². The van der Waals surface area contributed by atoms with Gasteiger partial charge in [0.05, 0.1) is 17.7 Å². The van der Waals surface area contributed by atoms with Gasteiger partial charge in [-0.3, -0.25) is 10.1 Å². The molecule has 0 saturated heterocycles. The first-order valence-electron chi connectivity index (χ1n) is 5.45. The molecule has 8 heteroatoms. The standard InChI is InChI=1S/C12H10Cl2N4O2/c1-20-9-5-8(14)16-12(17-9)18-11(19)10-6(13)3-2-4-7(10)15/h2-5H,15H2,1H3,(H,16,17,18,19). The summed E-state index contributed by atoms with van der Waals surface area (Å²) >= 11 is 11.7. The fourth-order valence-electron chi connectivity index (χ4n) is 1.50. The average Bonchev–Trinajstić information content (AvgIpc) is 2.37. The minimum Gasteiger partial charge on any atom is -0.481 e. The van der Waals surface area contributed by atoms with Crippen LogP contribution < -0.4 is 15.8 Å². The van der Waals surface area contributed by atoms with Crippen LogP contribution in [0.1, 0.15) is 10.4 Å². The van der Waals surface area contributed by atoms with E-state index in [0.29, 0.717) is 0 Å². The van der Waals surface area contributed by atoms with E-state index >= 15 is 0 Å². The Kier molecular flexibility index (Phi) is 4.26. The Balaban J connectivity index is 2.30. The van der Waals surface area contributed by atoms with Gasteiger partial charge in [0.25, 0.3) is 5.91 Å². The Morgan fingerprint density at radius 2 is 2.10 bits per heavy atom. The van der Waals surface area contributed by atoms with E-state index in [-0.39, 0.29) is 33.3 Å². The third-order valence-corrected chi connectivity index (χ3v) is 2.89. The Bertz CT molecular complexity index is 644. The van der Waals surface area contributed by atoms with Gasteiger partial charge in [0, 0.05) is 11.8 Å². The number of hydrogen-bond donors (Lipinski definition) is 2. The first kappa shape index (κ1) is 14.4. The molecule has 0 saturated carbocycles. The number of benzene rings is 1. The van der Waals surface area contributed by atoms with Gasteiger partial charge in [0.1, 0.15) is 5.15 Å². The molecule has 1 aromatic carbocycles. The van der Waals surface area contributed by atoms with Gasteiger partial charge in [-0.05, 0) is 12.1 Å². The van der Waals surface area contributed by atoms with Gasteiger partial charge < -0.3 is 10.5 Å². The lowest BCUT2D eigenvalue weighted by molar-refractivity contribution is 0.102. The summed E-state index contributed by atoms with van der Waals surface area (Å²) in [6.07, 6.45) is 0. The van der Waals surface area contributed by atoms with Gasteiger partial charge in [0.15, 0.2) is 0 Å². The number of ether oxygens (including phenoxy) is 1. The number of nitrogens with one attached hydrogen (secondary N) is 1. The summed E-state index contributed by atoms with van der Waals surface area (Å²) in [6.45, 7) is 0. The number of rotatable bonds is 3. The third-order valence-electron chi connectivity index (χ3n) is 2.38. The summed E-state index contributed by atoms with van der Waals surface area (Å²) in [5, 5.41) is 2.84. The number of hydrogen-bond acceptors (Lipinski definition) is 5. The maximum Gasteiger partial charge on any atom is 0.261 e. The molecule has 20 heavy (non-hydrogen) atoms. The first-order chi connectivity index (χ1) is 9.51. The second kappa shape index (κ2) is 5.94. The fraction of sp³-hybridized carbons (Fsp3) is 0.0833. The third kappa shape index (κ3) is 3.09. The summed E-state index contributed by atoms with van der Waals surface area (Å²) in [5.74, 6) is -0.302. The fourth-order valence-corrected chi connectivity index (χ4v) is 1.94. The molecule has 0 aliphatic carbocycles. The summed E-state index contributed by atoms with van der Waals surface area (Å²) in [4.78, 5) is 19.9. The van der Waals surface area contributed by atoms with Crippen LogP contribution in [-0.4, -0.2) is 23.0 Å². The van der Waals surface area contributed by atoms with E-state index in [9.17, 15) is 4.79 Å². The number of aromatic nitrogens is 2. The molecule has 0 atom stereocenters. The molecule has 1 heterocycles. The van der Waals surface area contributed by atoms with Gasteiger partial charge >= 0.3 is 0 Å². The number of nitrogen functional groups attached to an aromatic ring is 1. The highest BCUT2D eigenvalue weighted by Crippen LogP contribution is 2.23. The van der Waals surface area contributed by atoms with E-state index in [2.05, 4.69) is 15.3 Å². The maximum atomic E-state index is 12.1. The minimum absolute atomic E-state index is 0.00123. The monoisotopic (exact) mass is 312 g/mol. The number of nitrogens with two attached hydrogens (primary N) is 1. The summed E-state index contributed by atoms with van der Waals surface area (Å²) < 4.78 is 4.93. The quantitative estimate of drug-likeness (QED) is 0.671. The second-order valence-corrected chi connectivity index (χ2v) is 4.51. The van der Waals surface area contributed by atoms with Gasteiger partial charge in [-0.2, -0.15) is 4.98 Å². The van der Waals surface area contributed by atoms with E-state index in [1.165, 1.54) is 13.2 Å². The molecular formula is C12H10Cl2N4O2. The number of amides is 1. The Hall–Kier alpha value is -2.05. The second-order valence-electron chi connectivity index (χ2n) is 3.71. The molecule has 2 aromatic rings. The van der Waals surface area contributed by atoms with Crippen molar-refractivity contribution < 1.29 is 9.53 Å². The molecular weight excluding hydrogens is 303 g/mol. The Morgan fingerprint density at radius 3 is 2.75 bits per heavy atom. The van der Waals surface area contributed by atoms with E-state index in [1.807, 2.05) is 0 Å². The molecule has 0 aliphatic rings. The van der Waals surface area contributed by atoms with E-state index in [1.54, 1.807) is 18.2 Å². The Morgan fingerprint density at radius 1 is 1.35 bits per heavy atom. The van der Waals surface area contributed by atoms with Gasteiger partial charge in [-0.1, -0.05) is 29.3 Å². The highest BCUT2D eigenvalue weighted by molar-refractivity contribution is 6.35. The lowest BCUT2D eigenvalue weighted by Gasteiger charge is -2.09. The van der Waals surface area contributed by atoms with Crippen molar-refractivity contribution in [3.8, 4) is 5.88 Å². The topological polar surface area (TPSA) is 90.1 Å². The number of carbonyl (C=O) groups is 1. The zero-order valence-electron chi connectivity index (χ0n) is 10.4. The van der Waals surface area contributed by atoms with Crippen LogP contribution in [-0.2, 0) is 0 Å². The largest absolute Gasteiger partial charge is 0.481 e.